The zero-order chi connectivity index (χ0) is 24.7. The molecule has 0 radical (unpaired) electrons. The monoisotopic (exact) mass is 464 g/mol. The summed E-state index contributed by atoms with van der Waals surface area (Å²) in [6.07, 6.45) is 3.62. The number of aromatic nitrogens is 2. The molecule has 4 aromatic rings. The van der Waals surface area contributed by atoms with Crippen molar-refractivity contribution in [3.63, 3.8) is 0 Å². The summed E-state index contributed by atoms with van der Waals surface area (Å²) in [6.45, 7) is 6.20. The van der Waals surface area contributed by atoms with E-state index in [9.17, 15) is 9.59 Å². The van der Waals surface area contributed by atoms with Crippen LogP contribution in [0, 0.1) is 20.8 Å². The van der Waals surface area contributed by atoms with Crippen molar-refractivity contribution in [2.75, 3.05) is 7.11 Å². The number of rotatable bonds is 4. The summed E-state index contributed by atoms with van der Waals surface area (Å²) in [4.78, 5) is 25.1. The van der Waals surface area contributed by atoms with Crippen molar-refractivity contribution in [2.45, 2.75) is 20.8 Å². The summed E-state index contributed by atoms with van der Waals surface area (Å²) in [5.41, 5.74) is 7.46. The minimum atomic E-state index is -0.505. The SMILES string of the molecule is COC(=O)c1ccc2c(c1)C(=O)/C(=C/c1cn(-c3ccccc3)nc1-c1c(C)cc(C)cc1C)O2. The van der Waals surface area contributed by atoms with E-state index in [1.54, 1.807) is 18.2 Å². The molecule has 0 saturated carbocycles. The van der Waals surface area contributed by atoms with Gasteiger partial charge < -0.3 is 9.47 Å². The number of allylic oxidation sites excluding steroid dienone is 1. The molecule has 6 heteroatoms. The van der Waals surface area contributed by atoms with Crippen LogP contribution in [-0.4, -0.2) is 28.6 Å². The van der Waals surface area contributed by atoms with Crippen molar-refractivity contribution in [1.82, 2.24) is 9.78 Å². The number of fused-ring (bicyclic) bond motifs is 1. The van der Waals surface area contributed by atoms with E-state index in [1.807, 2.05) is 41.2 Å². The molecule has 0 amide bonds. The van der Waals surface area contributed by atoms with E-state index in [2.05, 4.69) is 32.9 Å². The molecule has 0 saturated heterocycles. The molecule has 35 heavy (non-hydrogen) atoms. The molecular weight excluding hydrogens is 440 g/mol. The first-order chi connectivity index (χ1) is 16.9. The Morgan fingerprint density at radius 3 is 2.40 bits per heavy atom. The highest BCUT2D eigenvalue weighted by Crippen LogP contribution is 2.36. The van der Waals surface area contributed by atoms with Gasteiger partial charge in [0.2, 0.25) is 5.78 Å². The largest absolute Gasteiger partial charge is 0.465 e. The van der Waals surface area contributed by atoms with Crippen molar-refractivity contribution >= 4 is 17.8 Å². The van der Waals surface area contributed by atoms with Crippen LogP contribution in [0.2, 0.25) is 0 Å². The first-order valence-corrected chi connectivity index (χ1v) is 11.3. The molecule has 1 aromatic heterocycles. The number of methoxy groups -OCH3 is 1. The number of nitrogens with zero attached hydrogens (tertiary/aromatic N) is 2. The topological polar surface area (TPSA) is 70.4 Å². The lowest BCUT2D eigenvalue weighted by Crippen LogP contribution is -2.03. The second-order valence-corrected chi connectivity index (χ2v) is 8.63. The summed E-state index contributed by atoms with van der Waals surface area (Å²) >= 11 is 0. The number of benzene rings is 3. The minimum Gasteiger partial charge on any atom is -0.465 e. The van der Waals surface area contributed by atoms with Gasteiger partial charge in [-0.05, 0) is 68.3 Å². The fourth-order valence-electron chi connectivity index (χ4n) is 4.53. The van der Waals surface area contributed by atoms with Gasteiger partial charge in [-0.2, -0.15) is 5.10 Å². The molecule has 0 atom stereocenters. The summed E-state index contributed by atoms with van der Waals surface area (Å²) in [5, 5.41) is 4.91. The second-order valence-electron chi connectivity index (χ2n) is 8.63. The molecule has 0 N–H and O–H groups in total. The van der Waals surface area contributed by atoms with Crippen LogP contribution in [0.15, 0.2) is 72.6 Å². The lowest BCUT2D eigenvalue weighted by molar-refractivity contribution is 0.0600. The normalized spacial score (nSPS) is 13.6. The maximum atomic E-state index is 13.2. The number of esters is 1. The average Bonchev–Trinajstić information content (AvgIpc) is 3.39. The lowest BCUT2D eigenvalue weighted by atomic mass is 9.95. The highest BCUT2D eigenvalue weighted by atomic mass is 16.5. The number of carbonyl (C=O) groups excluding carboxylic acids is 2. The molecule has 3 aromatic carbocycles. The number of hydrogen-bond donors (Lipinski definition) is 0. The molecule has 6 nitrogen and oxygen atoms in total. The first-order valence-electron chi connectivity index (χ1n) is 11.3. The maximum Gasteiger partial charge on any atom is 0.337 e. The minimum absolute atomic E-state index is 0.179. The van der Waals surface area contributed by atoms with Gasteiger partial charge in [-0.1, -0.05) is 35.9 Å². The highest BCUT2D eigenvalue weighted by Gasteiger charge is 2.29. The van der Waals surface area contributed by atoms with Crippen molar-refractivity contribution in [1.29, 1.82) is 0 Å². The Kier molecular flexibility index (Phi) is 5.57. The Hall–Kier alpha value is -4.45. The molecule has 5 rings (SSSR count). The van der Waals surface area contributed by atoms with Crippen LogP contribution in [0.5, 0.6) is 5.75 Å². The number of hydrogen-bond acceptors (Lipinski definition) is 5. The van der Waals surface area contributed by atoms with Crippen LogP contribution in [-0.2, 0) is 4.74 Å². The summed E-state index contributed by atoms with van der Waals surface area (Å²) in [6, 6.07) is 18.8. The number of Topliss-reactive ketones (excluding diaryl/α,β-unsaturated/α-hetero) is 1. The molecular formula is C29H24N2O4. The summed E-state index contributed by atoms with van der Waals surface area (Å²) in [7, 11) is 1.31. The van der Waals surface area contributed by atoms with Gasteiger partial charge in [-0.3, -0.25) is 4.79 Å². The number of aryl methyl sites for hydroxylation is 3. The van der Waals surface area contributed by atoms with Crippen molar-refractivity contribution in [3.05, 3.63) is 106 Å². The Balaban J connectivity index is 1.64. The Bertz CT molecular complexity index is 1490. The Labute approximate surface area is 203 Å². The molecule has 0 spiro atoms. The quantitative estimate of drug-likeness (QED) is 0.279. The highest BCUT2D eigenvalue weighted by molar-refractivity contribution is 6.15. The van der Waals surface area contributed by atoms with Gasteiger partial charge in [0.1, 0.15) is 11.4 Å². The zero-order valence-electron chi connectivity index (χ0n) is 20.0. The number of para-hydroxylation sites is 1. The van der Waals surface area contributed by atoms with E-state index < -0.39 is 5.97 Å². The average molecular weight is 465 g/mol. The number of ketones is 1. The van der Waals surface area contributed by atoms with Gasteiger partial charge in [0, 0.05) is 17.3 Å². The lowest BCUT2D eigenvalue weighted by Gasteiger charge is -2.10. The van der Waals surface area contributed by atoms with Crippen LogP contribution >= 0.6 is 0 Å². The third-order valence-electron chi connectivity index (χ3n) is 6.05. The van der Waals surface area contributed by atoms with E-state index in [0.29, 0.717) is 16.9 Å². The first kappa shape index (κ1) is 22.3. The van der Waals surface area contributed by atoms with E-state index in [1.165, 1.54) is 18.7 Å². The van der Waals surface area contributed by atoms with E-state index in [0.717, 1.165) is 33.6 Å². The predicted molar refractivity (Wildman–Crippen MR) is 134 cm³/mol. The number of carbonyl (C=O) groups is 2. The molecule has 0 fully saturated rings. The predicted octanol–water partition coefficient (Wildman–Crippen LogP) is 5.87. The van der Waals surface area contributed by atoms with Crippen LogP contribution < -0.4 is 4.74 Å². The standard InChI is InChI=1S/C29H24N2O4/c1-17-12-18(2)26(19(3)13-17)27-21(16-31(30-27)22-8-6-5-7-9-22)15-25-28(32)23-14-20(29(33)34-4)10-11-24(23)35-25/h5-16H,1-4H3/b25-15-. The molecule has 0 aliphatic carbocycles. The van der Waals surface area contributed by atoms with E-state index >= 15 is 0 Å². The van der Waals surface area contributed by atoms with Gasteiger partial charge in [0.25, 0.3) is 0 Å². The Morgan fingerprint density at radius 1 is 1.00 bits per heavy atom. The molecule has 0 unspecified atom stereocenters. The van der Waals surface area contributed by atoms with E-state index in [-0.39, 0.29) is 11.5 Å². The Morgan fingerprint density at radius 2 is 1.71 bits per heavy atom. The van der Waals surface area contributed by atoms with Crippen molar-refractivity contribution in [3.8, 4) is 22.7 Å². The van der Waals surface area contributed by atoms with E-state index in [4.69, 9.17) is 14.6 Å². The summed E-state index contributed by atoms with van der Waals surface area (Å²) < 4.78 is 12.5. The third kappa shape index (κ3) is 4.04. The van der Waals surface area contributed by atoms with Gasteiger partial charge >= 0.3 is 5.97 Å². The smallest absolute Gasteiger partial charge is 0.337 e. The van der Waals surface area contributed by atoms with Crippen molar-refractivity contribution in [2.24, 2.45) is 0 Å². The van der Waals surface area contributed by atoms with Crippen LogP contribution in [0.25, 0.3) is 23.0 Å². The van der Waals surface area contributed by atoms with Crippen molar-refractivity contribution < 1.29 is 19.1 Å². The summed E-state index contributed by atoms with van der Waals surface area (Å²) in [5.74, 6) is -0.205. The fraction of sp³-hybridized carbons (Fsp3) is 0.138. The molecule has 174 valence electrons. The molecule has 1 aliphatic rings. The van der Waals surface area contributed by atoms with Gasteiger partial charge in [-0.15, -0.1) is 0 Å². The van der Waals surface area contributed by atoms with Gasteiger partial charge in [0.15, 0.2) is 5.76 Å². The number of ether oxygens (including phenoxy) is 2. The molecule has 0 bridgehead atoms. The maximum absolute atomic E-state index is 13.2. The second kappa shape index (κ2) is 8.72. The third-order valence-corrected chi connectivity index (χ3v) is 6.05. The van der Waals surface area contributed by atoms with Crippen LogP contribution in [0.3, 0.4) is 0 Å². The van der Waals surface area contributed by atoms with Gasteiger partial charge in [0.05, 0.1) is 23.9 Å². The molecule has 1 aliphatic heterocycles. The van der Waals surface area contributed by atoms with Crippen LogP contribution in [0.4, 0.5) is 0 Å². The zero-order valence-corrected chi connectivity index (χ0v) is 20.0. The van der Waals surface area contributed by atoms with Gasteiger partial charge in [-0.25, -0.2) is 9.48 Å². The molecule has 2 heterocycles. The fourth-order valence-corrected chi connectivity index (χ4v) is 4.53. The van der Waals surface area contributed by atoms with Crippen LogP contribution in [0.1, 0.15) is 43.0 Å².